The van der Waals surface area contributed by atoms with Crippen LogP contribution in [0.5, 0.6) is 0 Å². The molecule has 104 valence electrons. The van der Waals surface area contributed by atoms with E-state index in [2.05, 4.69) is 5.32 Å². The zero-order chi connectivity index (χ0) is 14.6. The molecule has 1 aromatic rings. The summed E-state index contributed by atoms with van der Waals surface area (Å²) in [7, 11) is 0. The lowest BCUT2D eigenvalue weighted by Crippen LogP contribution is -2.24. The van der Waals surface area contributed by atoms with Crippen LogP contribution in [0.15, 0.2) is 0 Å². The maximum absolute atomic E-state index is 11.5. The first kappa shape index (κ1) is 14.0. The molecule has 0 aliphatic carbocycles. The van der Waals surface area contributed by atoms with Crippen LogP contribution in [0, 0.1) is 0 Å². The number of nitrogens with one attached hydrogen (secondary N) is 1. The summed E-state index contributed by atoms with van der Waals surface area (Å²) in [5, 5.41) is 12.4. The topological polar surface area (TPSA) is 75.6 Å². The van der Waals surface area contributed by atoms with Gasteiger partial charge in [0.2, 0.25) is 5.91 Å². The zero-order valence-corrected chi connectivity index (χ0v) is 12.4. The summed E-state index contributed by atoms with van der Waals surface area (Å²) in [5.41, 5.74) is -0.422. The Morgan fingerprint density at radius 2 is 1.79 bits per heavy atom. The Labute approximate surface area is 115 Å². The average molecular weight is 283 g/mol. The van der Waals surface area contributed by atoms with Crippen molar-refractivity contribution >= 4 is 28.2 Å². The Kier molecular flexibility index (Phi) is 2.98. The molecule has 0 bridgehead atoms. The molecule has 5 nitrogen and oxygen atoms in total. The molecule has 0 aromatic carbocycles. The molecule has 0 fully saturated rings. The molecule has 1 aliphatic rings. The van der Waals surface area contributed by atoms with Crippen molar-refractivity contribution in [1.82, 2.24) is 0 Å². The van der Waals surface area contributed by atoms with E-state index >= 15 is 0 Å². The lowest BCUT2D eigenvalue weighted by molar-refractivity contribution is -0.114. The maximum atomic E-state index is 11.5. The van der Waals surface area contributed by atoms with E-state index in [4.69, 9.17) is 4.74 Å². The number of hydrogen-bond donors (Lipinski definition) is 2. The summed E-state index contributed by atoms with van der Waals surface area (Å²) in [4.78, 5) is 23.6. The van der Waals surface area contributed by atoms with Gasteiger partial charge in [-0.25, -0.2) is 4.79 Å². The minimum atomic E-state index is -1.05. The zero-order valence-electron chi connectivity index (χ0n) is 11.6. The summed E-state index contributed by atoms with van der Waals surface area (Å²) in [6, 6.07) is 0. The Hall–Kier alpha value is -1.40. The number of thiophene rings is 1. The van der Waals surface area contributed by atoms with Crippen LogP contribution in [0.1, 0.15) is 55.4 Å². The van der Waals surface area contributed by atoms with E-state index in [0.717, 1.165) is 4.88 Å². The molecule has 19 heavy (non-hydrogen) atoms. The highest BCUT2D eigenvalue weighted by molar-refractivity contribution is 7.17. The molecule has 2 N–H and O–H groups in total. The second-order valence-corrected chi connectivity index (χ2v) is 6.64. The highest BCUT2D eigenvalue weighted by Crippen LogP contribution is 2.54. The predicted octanol–water partition coefficient (Wildman–Crippen LogP) is 2.91. The van der Waals surface area contributed by atoms with Gasteiger partial charge in [-0.15, -0.1) is 11.3 Å². The van der Waals surface area contributed by atoms with Crippen LogP contribution in [-0.4, -0.2) is 17.0 Å². The molecule has 0 saturated heterocycles. The number of carbonyl (C=O) groups excluding carboxylic acids is 1. The summed E-state index contributed by atoms with van der Waals surface area (Å²) in [6.07, 6.45) is 0. The standard InChI is InChI=1S/C13H17NO4S/c1-6(15)14-10-7(11(16)17)8-9(19-10)13(4,5)18-12(8,2)3/h1-5H3,(H,14,15)(H,16,17). The SMILES string of the molecule is CC(=O)Nc1sc2c(c1C(=O)O)C(C)(C)OC2(C)C. The summed E-state index contributed by atoms with van der Waals surface area (Å²) >= 11 is 1.28. The second kappa shape index (κ2) is 4.05. The van der Waals surface area contributed by atoms with Crippen molar-refractivity contribution in [2.24, 2.45) is 0 Å². The van der Waals surface area contributed by atoms with E-state index in [-0.39, 0.29) is 11.5 Å². The lowest BCUT2D eigenvalue weighted by Gasteiger charge is -2.26. The first-order chi connectivity index (χ1) is 8.56. The smallest absolute Gasteiger partial charge is 0.339 e. The van der Waals surface area contributed by atoms with Gasteiger partial charge in [0.15, 0.2) is 0 Å². The van der Waals surface area contributed by atoms with Gasteiger partial charge in [-0.1, -0.05) is 0 Å². The maximum Gasteiger partial charge on any atom is 0.339 e. The van der Waals surface area contributed by atoms with Crippen molar-refractivity contribution in [2.45, 2.75) is 45.8 Å². The quantitative estimate of drug-likeness (QED) is 0.875. The van der Waals surface area contributed by atoms with Crippen LogP contribution in [0.25, 0.3) is 0 Å². The van der Waals surface area contributed by atoms with Crippen molar-refractivity contribution in [3.8, 4) is 0 Å². The number of carboxylic acid groups (broad SMARTS) is 1. The summed E-state index contributed by atoms with van der Waals surface area (Å²) < 4.78 is 5.93. The Balaban J connectivity index is 2.71. The number of aromatic carboxylic acids is 1. The molecule has 1 aliphatic heterocycles. The molecule has 2 heterocycles. The van der Waals surface area contributed by atoms with Crippen LogP contribution >= 0.6 is 11.3 Å². The minimum Gasteiger partial charge on any atom is -0.478 e. The number of carbonyl (C=O) groups is 2. The Bertz CT molecular complexity index is 571. The molecule has 0 saturated carbocycles. The van der Waals surface area contributed by atoms with Gasteiger partial charge >= 0.3 is 5.97 Å². The average Bonchev–Trinajstić information content (AvgIpc) is 2.61. The molecular formula is C13H17NO4S. The molecule has 0 radical (unpaired) electrons. The molecule has 0 spiro atoms. The largest absolute Gasteiger partial charge is 0.478 e. The molecule has 1 aromatic heterocycles. The van der Waals surface area contributed by atoms with Crippen molar-refractivity contribution in [2.75, 3.05) is 5.32 Å². The van der Waals surface area contributed by atoms with E-state index < -0.39 is 17.2 Å². The van der Waals surface area contributed by atoms with Gasteiger partial charge in [0.05, 0.1) is 11.2 Å². The van der Waals surface area contributed by atoms with Gasteiger partial charge in [-0.3, -0.25) is 4.79 Å². The first-order valence-corrected chi connectivity index (χ1v) is 6.76. The highest BCUT2D eigenvalue weighted by Gasteiger charge is 2.48. The Morgan fingerprint density at radius 3 is 2.26 bits per heavy atom. The molecule has 0 atom stereocenters. The molecule has 2 rings (SSSR count). The van der Waals surface area contributed by atoms with E-state index in [9.17, 15) is 14.7 Å². The lowest BCUT2D eigenvalue weighted by atomic mass is 9.94. The van der Waals surface area contributed by atoms with Crippen molar-refractivity contribution in [3.05, 3.63) is 16.0 Å². The van der Waals surface area contributed by atoms with Gasteiger partial charge in [-0.2, -0.15) is 0 Å². The second-order valence-electron chi connectivity index (χ2n) is 5.62. The van der Waals surface area contributed by atoms with Crippen molar-refractivity contribution in [3.63, 3.8) is 0 Å². The predicted molar refractivity (Wildman–Crippen MR) is 72.7 cm³/mol. The number of ether oxygens (including phenoxy) is 1. The summed E-state index contributed by atoms with van der Waals surface area (Å²) in [5.74, 6) is -1.32. The van der Waals surface area contributed by atoms with Crippen molar-refractivity contribution < 1.29 is 19.4 Å². The third-order valence-corrected chi connectivity index (χ3v) is 4.48. The van der Waals surface area contributed by atoms with E-state index in [1.54, 1.807) is 0 Å². The van der Waals surface area contributed by atoms with E-state index in [0.29, 0.717) is 10.6 Å². The van der Waals surface area contributed by atoms with E-state index in [1.165, 1.54) is 18.3 Å². The third-order valence-electron chi connectivity index (χ3n) is 3.07. The fourth-order valence-electron chi connectivity index (χ4n) is 2.62. The molecule has 0 unspecified atom stereocenters. The first-order valence-electron chi connectivity index (χ1n) is 5.95. The van der Waals surface area contributed by atoms with Gasteiger partial charge in [0, 0.05) is 17.4 Å². The number of fused-ring (bicyclic) bond motifs is 1. The van der Waals surface area contributed by atoms with Gasteiger partial charge in [0.25, 0.3) is 0 Å². The van der Waals surface area contributed by atoms with Gasteiger partial charge < -0.3 is 15.2 Å². The molecular weight excluding hydrogens is 266 g/mol. The Morgan fingerprint density at radius 1 is 1.21 bits per heavy atom. The highest BCUT2D eigenvalue weighted by atomic mass is 32.1. The van der Waals surface area contributed by atoms with Gasteiger partial charge in [-0.05, 0) is 27.7 Å². The number of hydrogen-bond acceptors (Lipinski definition) is 4. The van der Waals surface area contributed by atoms with E-state index in [1.807, 2.05) is 27.7 Å². The summed E-state index contributed by atoms with van der Waals surface area (Å²) in [6.45, 7) is 8.86. The molecule has 1 amide bonds. The van der Waals surface area contributed by atoms with Crippen LogP contribution in [0.4, 0.5) is 5.00 Å². The van der Waals surface area contributed by atoms with Crippen LogP contribution in [-0.2, 0) is 20.7 Å². The fraction of sp³-hybridized carbons (Fsp3) is 0.538. The minimum absolute atomic E-state index is 0.144. The number of anilines is 1. The normalized spacial score (nSPS) is 19.0. The fourth-order valence-corrected chi connectivity index (χ4v) is 4.04. The third kappa shape index (κ3) is 2.15. The number of rotatable bonds is 2. The van der Waals surface area contributed by atoms with Crippen LogP contribution in [0.2, 0.25) is 0 Å². The van der Waals surface area contributed by atoms with Crippen molar-refractivity contribution in [1.29, 1.82) is 0 Å². The number of amides is 1. The number of carboxylic acids is 1. The monoisotopic (exact) mass is 283 g/mol. The van der Waals surface area contributed by atoms with Crippen LogP contribution in [0.3, 0.4) is 0 Å². The molecule has 6 heteroatoms. The van der Waals surface area contributed by atoms with Gasteiger partial charge in [0.1, 0.15) is 10.6 Å². The van der Waals surface area contributed by atoms with Crippen LogP contribution < -0.4 is 5.32 Å².